The summed E-state index contributed by atoms with van der Waals surface area (Å²) in [5.74, 6) is -0.928. The lowest BCUT2D eigenvalue weighted by Crippen LogP contribution is -2.42. The number of halogens is 1. The van der Waals surface area contributed by atoms with E-state index in [0.29, 0.717) is 0 Å². The van der Waals surface area contributed by atoms with Gasteiger partial charge < -0.3 is 0 Å². The molecule has 2 amide bonds. The Bertz CT molecular complexity index is 812. The molecule has 0 atom stereocenters. The monoisotopic (exact) mass is 379 g/mol. The zero-order chi connectivity index (χ0) is 18.4. The average Bonchev–Trinajstić information content (AvgIpc) is 2.59. The molecular formula is C16H14ClN3O4S. The fourth-order valence-electron chi connectivity index (χ4n) is 1.81. The van der Waals surface area contributed by atoms with Gasteiger partial charge in [-0.15, -0.1) is 11.8 Å². The molecular weight excluding hydrogens is 366 g/mol. The third kappa shape index (κ3) is 5.47. The predicted molar refractivity (Wildman–Crippen MR) is 95.6 cm³/mol. The Morgan fingerprint density at radius 3 is 2.44 bits per heavy atom. The van der Waals surface area contributed by atoms with Crippen LogP contribution in [-0.4, -0.2) is 22.5 Å². The van der Waals surface area contributed by atoms with Crippen LogP contribution in [0.3, 0.4) is 0 Å². The maximum absolute atomic E-state index is 12.0. The Morgan fingerprint density at radius 2 is 1.84 bits per heavy atom. The molecule has 2 rings (SSSR count). The van der Waals surface area contributed by atoms with E-state index in [1.165, 1.54) is 17.8 Å². The third-order valence-electron chi connectivity index (χ3n) is 3.11. The highest BCUT2D eigenvalue weighted by Gasteiger charge is 2.15. The number of nitrogens with one attached hydrogen (secondary N) is 2. The number of hydrazine groups is 1. The number of aryl methyl sites for hydroxylation is 1. The number of benzene rings is 2. The lowest BCUT2D eigenvalue weighted by molar-refractivity contribution is -0.384. The van der Waals surface area contributed by atoms with Gasteiger partial charge in [0, 0.05) is 17.0 Å². The van der Waals surface area contributed by atoms with Crippen molar-refractivity contribution in [2.45, 2.75) is 11.8 Å². The minimum Gasteiger partial charge on any atom is -0.272 e. The summed E-state index contributed by atoms with van der Waals surface area (Å²) in [4.78, 5) is 34.7. The quantitative estimate of drug-likeness (QED) is 0.472. The van der Waals surface area contributed by atoms with Crippen molar-refractivity contribution in [3.63, 3.8) is 0 Å². The lowest BCUT2D eigenvalue weighted by Gasteiger charge is -2.08. The van der Waals surface area contributed by atoms with Crippen molar-refractivity contribution in [3.8, 4) is 0 Å². The molecule has 25 heavy (non-hydrogen) atoms. The van der Waals surface area contributed by atoms with Crippen LogP contribution >= 0.6 is 23.4 Å². The molecule has 0 aliphatic heterocycles. The summed E-state index contributed by atoms with van der Waals surface area (Å²) < 4.78 is 0. The normalized spacial score (nSPS) is 10.2. The first-order chi connectivity index (χ1) is 11.9. The molecule has 0 aliphatic carbocycles. The van der Waals surface area contributed by atoms with Gasteiger partial charge in [-0.25, -0.2) is 0 Å². The van der Waals surface area contributed by atoms with E-state index in [1.54, 1.807) is 0 Å². The number of non-ortho nitro benzene ring substituents is 1. The highest BCUT2D eigenvalue weighted by atomic mass is 35.5. The topological polar surface area (TPSA) is 101 Å². The molecule has 0 radical (unpaired) electrons. The minimum atomic E-state index is -0.659. The first kappa shape index (κ1) is 18.8. The van der Waals surface area contributed by atoms with Crippen LogP contribution in [0.25, 0.3) is 0 Å². The first-order valence-electron chi connectivity index (χ1n) is 7.09. The van der Waals surface area contributed by atoms with E-state index in [2.05, 4.69) is 10.9 Å². The number of carbonyl (C=O) groups is 2. The highest BCUT2D eigenvalue weighted by Crippen LogP contribution is 2.22. The molecule has 7 nitrogen and oxygen atoms in total. The number of nitro benzene ring substituents is 1. The van der Waals surface area contributed by atoms with Gasteiger partial charge in [0.2, 0.25) is 5.91 Å². The Labute approximate surface area is 152 Å². The van der Waals surface area contributed by atoms with Crippen molar-refractivity contribution in [1.82, 2.24) is 10.9 Å². The smallest absolute Gasteiger partial charge is 0.271 e. The van der Waals surface area contributed by atoms with Gasteiger partial charge in [0.15, 0.2) is 0 Å². The molecule has 0 bridgehead atoms. The van der Waals surface area contributed by atoms with E-state index in [4.69, 9.17) is 11.6 Å². The van der Waals surface area contributed by atoms with Gasteiger partial charge in [-0.05, 0) is 25.1 Å². The Kier molecular flexibility index (Phi) is 6.37. The number of hydrogen-bond donors (Lipinski definition) is 2. The summed E-state index contributed by atoms with van der Waals surface area (Å²) >= 11 is 7.18. The molecule has 0 aromatic heterocycles. The largest absolute Gasteiger partial charge is 0.272 e. The van der Waals surface area contributed by atoms with Crippen LogP contribution in [-0.2, 0) is 4.79 Å². The van der Waals surface area contributed by atoms with E-state index in [0.717, 1.165) is 22.6 Å². The molecule has 0 spiro atoms. The summed E-state index contributed by atoms with van der Waals surface area (Å²) in [5, 5.41) is 10.6. The SMILES string of the molecule is Cc1ccc(SCC(=O)NNC(=O)c2ccc([N+](=O)[O-])cc2Cl)cc1. The Morgan fingerprint density at radius 1 is 1.16 bits per heavy atom. The van der Waals surface area contributed by atoms with E-state index in [-0.39, 0.29) is 22.0 Å². The molecule has 0 saturated heterocycles. The van der Waals surface area contributed by atoms with Crippen LogP contribution in [0.15, 0.2) is 47.4 Å². The van der Waals surface area contributed by atoms with Crippen LogP contribution in [0.5, 0.6) is 0 Å². The van der Waals surface area contributed by atoms with Crippen LogP contribution in [0.2, 0.25) is 5.02 Å². The number of rotatable bonds is 5. The van der Waals surface area contributed by atoms with E-state index >= 15 is 0 Å². The van der Waals surface area contributed by atoms with Crippen LogP contribution in [0.4, 0.5) is 5.69 Å². The van der Waals surface area contributed by atoms with Crippen molar-refractivity contribution < 1.29 is 14.5 Å². The summed E-state index contributed by atoms with van der Waals surface area (Å²) in [5.41, 5.74) is 5.43. The van der Waals surface area contributed by atoms with Gasteiger partial charge in [0.05, 0.1) is 21.3 Å². The second kappa shape index (κ2) is 8.50. The van der Waals surface area contributed by atoms with Gasteiger partial charge in [0.25, 0.3) is 11.6 Å². The first-order valence-corrected chi connectivity index (χ1v) is 8.46. The van der Waals surface area contributed by atoms with Crippen molar-refractivity contribution in [2.24, 2.45) is 0 Å². The molecule has 2 aromatic carbocycles. The van der Waals surface area contributed by atoms with Crippen LogP contribution < -0.4 is 10.9 Å². The van der Waals surface area contributed by atoms with E-state index < -0.39 is 16.7 Å². The standard InChI is InChI=1S/C16H14ClN3O4S/c1-10-2-5-12(6-3-10)25-9-15(21)18-19-16(22)13-7-4-11(20(23)24)8-14(13)17/h2-8H,9H2,1H3,(H,18,21)(H,19,22). The molecule has 9 heteroatoms. The average molecular weight is 380 g/mol. The number of amides is 2. The van der Waals surface area contributed by atoms with E-state index in [1.807, 2.05) is 31.2 Å². The van der Waals surface area contributed by atoms with Crippen molar-refractivity contribution in [1.29, 1.82) is 0 Å². The molecule has 0 saturated carbocycles. The predicted octanol–water partition coefficient (Wildman–Crippen LogP) is 3.11. The lowest BCUT2D eigenvalue weighted by atomic mass is 10.2. The number of thioether (sulfide) groups is 1. The van der Waals surface area contributed by atoms with Gasteiger partial charge in [0.1, 0.15) is 0 Å². The van der Waals surface area contributed by atoms with Crippen LogP contribution in [0, 0.1) is 17.0 Å². The van der Waals surface area contributed by atoms with Crippen LogP contribution in [0.1, 0.15) is 15.9 Å². The van der Waals surface area contributed by atoms with Gasteiger partial charge >= 0.3 is 0 Å². The summed E-state index contributed by atoms with van der Waals surface area (Å²) in [6.45, 7) is 1.97. The molecule has 0 aliphatic rings. The molecule has 2 N–H and O–H groups in total. The Hall–Kier alpha value is -2.58. The minimum absolute atomic E-state index is 0.0266. The van der Waals surface area contributed by atoms with Crippen molar-refractivity contribution in [2.75, 3.05) is 5.75 Å². The number of nitrogens with zero attached hydrogens (tertiary/aromatic N) is 1. The fraction of sp³-hybridized carbons (Fsp3) is 0.125. The second-order valence-corrected chi connectivity index (χ2v) is 6.48. The number of nitro groups is 1. The number of hydrogen-bond acceptors (Lipinski definition) is 5. The molecule has 0 heterocycles. The maximum Gasteiger partial charge on any atom is 0.271 e. The molecule has 0 fully saturated rings. The molecule has 130 valence electrons. The zero-order valence-electron chi connectivity index (χ0n) is 13.1. The maximum atomic E-state index is 12.0. The second-order valence-electron chi connectivity index (χ2n) is 5.03. The Balaban J connectivity index is 1.85. The highest BCUT2D eigenvalue weighted by molar-refractivity contribution is 8.00. The molecule has 2 aromatic rings. The van der Waals surface area contributed by atoms with Crippen molar-refractivity contribution in [3.05, 3.63) is 68.7 Å². The third-order valence-corrected chi connectivity index (χ3v) is 4.44. The summed E-state index contributed by atoms with van der Waals surface area (Å²) in [7, 11) is 0. The summed E-state index contributed by atoms with van der Waals surface area (Å²) in [6, 6.07) is 11.2. The van der Waals surface area contributed by atoms with Crippen molar-refractivity contribution >= 4 is 40.9 Å². The zero-order valence-corrected chi connectivity index (χ0v) is 14.7. The van der Waals surface area contributed by atoms with E-state index in [9.17, 15) is 19.7 Å². The fourth-order valence-corrected chi connectivity index (χ4v) is 2.77. The van der Waals surface area contributed by atoms with Gasteiger partial charge in [-0.3, -0.25) is 30.6 Å². The van der Waals surface area contributed by atoms with Gasteiger partial charge in [-0.1, -0.05) is 29.3 Å². The van der Waals surface area contributed by atoms with Gasteiger partial charge in [-0.2, -0.15) is 0 Å². The summed E-state index contributed by atoms with van der Waals surface area (Å²) in [6.07, 6.45) is 0. The number of carbonyl (C=O) groups excluding carboxylic acids is 2. The molecule has 0 unspecified atom stereocenters.